The average Bonchev–Trinajstić information content (AvgIpc) is 2.98. The van der Waals surface area contributed by atoms with Crippen LogP contribution in [0, 0.1) is 0 Å². The number of aromatic hydroxyl groups is 1. The molecule has 0 atom stereocenters. The minimum Gasteiger partial charge on any atom is -0.508 e. The minimum absolute atomic E-state index is 0.154. The van der Waals surface area contributed by atoms with Crippen molar-refractivity contribution in [2.24, 2.45) is 0 Å². The monoisotopic (exact) mass is 407 g/mol. The van der Waals surface area contributed by atoms with E-state index in [1.807, 2.05) is 24.3 Å². The Kier molecular flexibility index (Phi) is 6.17. The van der Waals surface area contributed by atoms with Gasteiger partial charge < -0.3 is 14.5 Å². The number of aromatic amines is 1. The third kappa shape index (κ3) is 5.02. The zero-order chi connectivity index (χ0) is 21.9. The normalized spacial score (nSPS) is 12.3. The van der Waals surface area contributed by atoms with Crippen molar-refractivity contribution in [1.29, 1.82) is 0 Å². The van der Waals surface area contributed by atoms with Gasteiger partial charge in [-0.15, -0.1) is 0 Å². The van der Waals surface area contributed by atoms with Gasteiger partial charge in [-0.3, -0.25) is 9.89 Å². The SMILES string of the molecule is C=c1[nH]n(-c2ccc(N(CC)CC[N+](C)(C)C)cc2)c(=O)c1=Cc1ccc(O)cc1. The lowest BCUT2D eigenvalue weighted by Gasteiger charge is -2.29. The summed E-state index contributed by atoms with van der Waals surface area (Å²) < 4.78 is 2.43. The first kappa shape index (κ1) is 21.5. The summed E-state index contributed by atoms with van der Waals surface area (Å²) in [5.74, 6) is 0.191. The Labute approximate surface area is 177 Å². The maximum Gasteiger partial charge on any atom is 0.279 e. The summed E-state index contributed by atoms with van der Waals surface area (Å²) in [6.07, 6.45) is 1.77. The molecule has 3 aromatic rings. The molecule has 0 aliphatic rings. The molecule has 0 radical (unpaired) electrons. The largest absolute Gasteiger partial charge is 0.508 e. The maximum atomic E-state index is 12.9. The molecule has 0 saturated heterocycles. The van der Waals surface area contributed by atoms with Crippen LogP contribution < -0.4 is 21.0 Å². The number of quaternary nitrogens is 1. The van der Waals surface area contributed by atoms with Gasteiger partial charge in [0.2, 0.25) is 0 Å². The molecule has 6 heteroatoms. The molecule has 3 rings (SSSR count). The summed E-state index contributed by atoms with van der Waals surface area (Å²) >= 11 is 0. The van der Waals surface area contributed by atoms with Gasteiger partial charge in [-0.05, 0) is 55.0 Å². The van der Waals surface area contributed by atoms with Crippen LogP contribution in [0.15, 0.2) is 53.3 Å². The maximum absolute atomic E-state index is 12.9. The standard InChI is InChI=1S/C24H30N4O2/c1-6-26(15-16-28(3,4)5)20-9-11-21(12-10-20)27-24(30)23(18(2)25-27)17-19-7-13-22(29)14-8-19/h7-14,17,25H,2,6,15-16H2,1,3-5H3/p+1. The van der Waals surface area contributed by atoms with E-state index in [2.05, 4.69) is 44.6 Å². The Hall–Kier alpha value is -3.25. The molecule has 0 amide bonds. The van der Waals surface area contributed by atoms with Crippen LogP contribution in [0.4, 0.5) is 5.69 Å². The van der Waals surface area contributed by atoms with Crippen molar-refractivity contribution in [2.45, 2.75) is 6.92 Å². The first-order chi connectivity index (χ1) is 14.2. The topological polar surface area (TPSA) is 61.3 Å². The molecule has 30 heavy (non-hydrogen) atoms. The number of anilines is 1. The Bertz CT molecular complexity index is 1150. The Morgan fingerprint density at radius 1 is 1.10 bits per heavy atom. The van der Waals surface area contributed by atoms with Crippen molar-refractivity contribution < 1.29 is 9.59 Å². The third-order valence-electron chi connectivity index (χ3n) is 5.10. The van der Waals surface area contributed by atoms with Gasteiger partial charge in [0.15, 0.2) is 0 Å². The smallest absolute Gasteiger partial charge is 0.279 e. The summed E-state index contributed by atoms with van der Waals surface area (Å²) in [6, 6.07) is 14.7. The molecule has 0 aliphatic heterocycles. The molecule has 1 aromatic heterocycles. The van der Waals surface area contributed by atoms with E-state index < -0.39 is 0 Å². The quantitative estimate of drug-likeness (QED) is 0.586. The van der Waals surface area contributed by atoms with Crippen molar-refractivity contribution in [3.05, 3.63) is 75.0 Å². The molecule has 2 aromatic carbocycles. The highest BCUT2D eigenvalue weighted by Crippen LogP contribution is 2.16. The Morgan fingerprint density at radius 3 is 2.30 bits per heavy atom. The molecule has 0 unspecified atom stereocenters. The van der Waals surface area contributed by atoms with Crippen molar-refractivity contribution in [2.75, 3.05) is 45.7 Å². The van der Waals surface area contributed by atoms with Crippen LogP contribution >= 0.6 is 0 Å². The summed E-state index contributed by atoms with van der Waals surface area (Å²) in [5, 5.41) is 13.6. The number of nitrogens with zero attached hydrogens (tertiary/aromatic N) is 3. The van der Waals surface area contributed by atoms with Gasteiger partial charge in [0.1, 0.15) is 5.75 Å². The van der Waals surface area contributed by atoms with Crippen molar-refractivity contribution in [1.82, 2.24) is 9.78 Å². The van der Waals surface area contributed by atoms with E-state index in [0.29, 0.717) is 10.6 Å². The van der Waals surface area contributed by atoms with Crippen LogP contribution in [0.1, 0.15) is 12.5 Å². The molecular weight excluding hydrogens is 376 g/mol. The highest BCUT2D eigenvalue weighted by molar-refractivity contribution is 5.52. The number of hydrogen-bond donors (Lipinski definition) is 2. The second-order valence-corrected chi connectivity index (χ2v) is 8.49. The average molecular weight is 408 g/mol. The molecular formula is C24H31N4O2+. The van der Waals surface area contributed by atoms with Gasteiger partial charge >= 0.3 is 0 Å². The lowest BCUT2D eigenvalue weighted by Crippen LogP contribution is -2.42. The predicted octanol–water partition coefficient (Wildman–Crippen LogP) is 1.64. The van der Waals surface area contributed by atoms with Crippen LogP contribution in [0.3, 0.4) is 0 Å². The van der Waals surface area contributed by atoms with Crippen molar-refractivity contribution in [3.63, 3.8) is 0 Å². The van der Waals surface area contributed by atoms with Gasteiger partial charge in [-0.2, -0.15) is 0 Å². The van der Waals surface area contributed by atoms with Crippen LogP contribution in [-0.4, -0.2) is 60.1 Å². The summed E-state index contributed by atoms with van der Waals surface area (Å²) in [5.41, 5.74) is 2.58. The number of rotatable bonds is 7. The van der Waals surface area contributed by atoms with E-state index in [1.54, 1.807) is 30.3 Å². The number of H-pyrrole nitrogens is 1. The zero-order valence-electron chi connectivity index (χ0n) is 18.2. The molecule has 0 fully saturated rings. The summed E-state index contributed by atoms with van der Waals surface area (Å²) in [7, 11) is 6.58. The molecule has 0 aliphatic carbocycles. The second kappa shape index (κ2) is 8.63. The summed E-state index contributed by atoms with van der Waals surface area (Å²) in [6.45, 7) is 9.08. The number of hydrogen-bond acceptors (Lipinski definition) is 3. The van der Waals surface area contributed by atoms with Gasteiger partial charge in [-0.1, -0.05) is 18.7 Å². The van der Waals surface area contributed by atoms with Gasteiger partial charge in [0.25, 0.3) is 5.56 Å². The predicted molar refractivity (Wildman–Crippen MR) is 124 cm³/mol. The van der Waals surface area contributed by atoms with Gasteiger partial charge in [-0.25, -0.2) is 4.68 Å². The van der Waals surface area contributed by atoms with Crippen LogP contribution in [0.25, 0.3) is 18.3 Å². The van der Waals surface area contributed by atoms with E-state index in [1.165, 1.54) is 4.68 Å². The summed E-state index contributed by atoms with van der Waals surface area (Å²) in [4.78, 5) is 15.3. The van der Waals surface area contributed by atoms with Crippen LogP contribution in [0.2, 0.25) is 0 Å². The third-order valence-corrected chi connectivity index (χ3v) is 5.10. The van der Waals surface area contributed by atoms with Crippen LogP contribution in [0.5, 0.6) is 5.75 Å². The first-order valence-electron chi connectivity index (χ1n) is 10.1. The van der Waals surface area contributed by atoms with E-state index in [0.717, 1.165) is 41.1 Å². The molecule has 6 nitrogen and oxygen atoms in total. The number of likely N-dealkylation sites (N-methyl/N-ethyl adjacent to an activating group) is 2. The number of aromatic nitrogens is 2. The number of phenolic OH excluding ortho intramolecular Hbond substituents is 1. The van der Waals surface area contributed by atoms with E-state index in [4.69, 9.17) is 0 Å². The minimum atomic E-state index is -0.154. The van der Waals surface area contributed by atoms with E-state index in [-0.39, 0.29) is 11.3 Å². The molecule has 0 bridgehead atoms. The van der Waals surface area contributed by atoms with E-state index >= 15 is 0 Å². The lowest BCUT2D eigenvalue weighted by atomic mass is 10.2. The number of nitrogens with one attached hydrogen (secondary N) is 1. The fourth-order valence-electron chi connectivity index (χ4n) is 3.27. The second-order valence-electron chi connectivity index (χ2n) is 8.49. The fourth-order valence-corrected chi connectivity index (χ4v) is 3.27. The van der Waals surface area contributed by atoms with E-state index in [9.17, 15) is 9.90 Å². The molecule has 158 valence electrons. The fraction of sp³-hybridized carbons (Fsp3) is 0.292. The molecule has 2 N–H and O–H groups in total. The lowest BCUT2D eigenvalue weighted by molar-refractivity contribution is -0.868. The highest BCUT2D eigenvalue weighted by atomic mass is 16.3. The molecule has 1 heterocycles. The first-order valence-corrected chi connectivity index (χ1v) is 10.1. The van der Waals surface area contributed by atoms with Crippen molar-refractivity contribution >= 4 is 18.3 Å². The van der Waals surface area contributed by atoms with Crippen LogP contribution in [-0.2, 0) is 0 Å². The van der Waals surface area contributed by atoms with Crippen molar-refractivity contribution in [3.8, 4) is 11.4 Å². The number of benzene rings is 2. The molecule has 0 saturated carbocycles. The number of phenols is 1. The Balaban J connectivity index is 1.89. The van der Waals surface area contributed by atoms with Gasteiger partial charge in [0, 0.05) is 12.2 Å². The van der Waals surface area contributed by atoms with Gasteiger partial charge in [0.05, 0.1) is 50.5 Å². The Morgan fingerprint density at radius 2 is 1.73 bits per heavy atom. The molecule has 0 spiro atoms. The zero-order valence-corrected chi connectivity index (χ0v) is 18.2. The highest BCUT2D eigenvalue weighted by Gasteiger charge is 2.12.